The first-order chi connectivity index (χ1) is 6.77. The molecule has 0 aliphatic rings. The molecule has 0 aliphatic heterocycles. The van der Waals surface area contributed by atoms with Crippen LogP contribution < -0.4 is 0 Å². The molecule has 0 saturated heterocycles. The molecule has 0 amide bonds. The van der Waals surface area contributed by atoms with Gasteiger partial charge in [-0.05, 0) is 17.7 Å². The molecule has 0 spiro atoms. The predicted octanol–water partition coefficient (Wildman–Crippen LogP) is 3.54. The molecule has 0 radical (unpaired) electrons. The molecule has 0 saturated carbocycles. The van der Waals surface area contributed by atoms with E-state index in [-0.39, 0.29) is 0 Å². The van der Waals surface area contributed by atoms with Gasteiger partial charge in [-0.25, -0.2) is 4.98 Å². The molecule has 0 bridgehead atoms. The van der Waals surface area contributed by atoms with Crippen LogP contribution in [0.1, 0.15) is 0 Å². The van der Waals surface area contributed by atoms with Gasteiger partial charge in [0.15, 0.2) is 0 Å². The van der Waals surface area contributed by atoms with E-state index in [9.17, 15) is 4.39 Å². The number of hydrogen-bond donors (Lipinski definition) is 0. The highest BCUT2D eigenvalue weighted by molar-refractivity contribution is 6.33. The lowest BCUT2D eigenvalue weighted by molar-refractivity contribution is 0.584. The first kappa shape index (κ1) is 9.16. The van der Waals surface area contributed by atoms with Gasteiger partial charge in [0.05, 0.1) is 0 Å². The summed E-state index contributed by atoms with van der Waals surface area (Å²) in [6, 6.07) is 10.4. The van der Waals surface area contributed by atoms with E-state index in [2.05, 4.69) is 4.98 Å². The highest BCUT2D eigenvalue weighted by Gasteiger charge is 2.02. The molecule has 2 aromatic rings. The van der Waals surface area contributed by atoms with Gasteiger partial charge in [-0.1, -0.05) is 29.8 Å². The van der Waals surface area contributed by atoms with Crippen molar-refractivity contribution in [1.29, 1.82) is 0 Å². The molecular weight excluding hydrogens is 201 g/mol. The summed E-state index contributed by atoms with van der Waals surface area (Å²) in [6.45, 7) is 0. The first-order valence-electron chi connectivity index (χ1n) is 4.14. The average Bonchev–Trinajstić information content (AvgIpc) is 2.18. The van der Waals surface area contributed by atoms with E-state index in [0.717, 1.165) is 11.1 Å². The lowest BCUT2D eigenvalue weighted by Gasteiger charge is -2.02. The van der Waals surface area contributed by atoms with Gasteiger partial charge in [0.2, 0.25) is 5.95 Å². The summed E-state index contributed by atoms with van der Waals surface area (Å²) in [5, 5.41) is 0.609. The van der Waals surface area contributed by atoms with Crippen molar-refractivity contribution >= 4 is 11.6 Å². The smallest absolute Gasteiger partial charge is 0.213 e. The van der Waals surface area contributed by atoms with Crippen LogP contribution in [0.5, 0.6) is 0 Å². The Morgan fingerprint density at radius 2 is 1.93 bits per heavy atom. The highest BCUT2D eigenvalue weighted by Crippen LogP contribution is 2.26. The van der Waals surface area contributed by atoms with Crippen LogP contribution in [-0.4, -0.2) is 4.98 Å². The Balaban J connectivity index is 2.55. The molecule has 3 heteroatoms. The Hall–Kier alpha value is -1.41. The van der Waals surface area contributed by atoms with Gasteiger partial charge in [0, 0.05) is 22.8 Å². The van der Waals surface area contributed by atoms with Crippen molar-refractivity contribution in [2.45, 2.75) is 0 Å². The molecule has 0 fully saturated rings. The summed E-state index contributed by atoms with van der Waals surface area (Å²) in [5.74, 6) is -0.498. The molecule has 0 unspecified atom stereocenters. The lowest BCUT2D eigenvalue weighted by atomic mass is 10.1. The molecule has 1 heterocycles. The van der Waals surface area contributed by atoms with Gasteiger partial charge in [-0.15, -0.1) is 0 Å². The van der Waals surface area contributed by atoms with E-state index in [4.69, 9.17) is 11.6 Å². The summed E-state index contributed by atoms with van der Waals surface area (Å²) in [4.78, 5) is 3.49. The van der Waals surface area contributed by atoms with Gasteiger partial charge < -0.3 is 0 Å². The Kier molecular flexibility index (Phi) is 2.46. The van der Waals surface area contributed by atoms with Crippen LogP contribution >= 0.6 is 11.6 Å². The minimum absolute atomic E-state index is 0.498. The van der Waals surface area contributed by atoms with Crippen LogP contribution in [0.4, 0.5) is 4.39 Å². The second-order valence-electron chi connectivity index (χ2n) is 2.85. The SMILES string of the molecule is Fc1cc(-c2ccccc2Cl)ccn1. The van der Waals surface area contributed by atoms with E-state index < -0.39 is 5.95 Å². The van der Waals surface area contributed by atoms with Crippen LogP contribution in [0.25, 0.3) is 11.1 Å². The van der Waals surface area contributed by atoms with Gasteiger partial charge in [0.25, 0.3) is 0 Å². The molecule has 0 atom stereocenters. The second-order valence-corrected chi connectivity index (χ2v) is 3.25. The van der Waals surface area contributed by atoms with Crippen LogP contribution in [0.15, 0.2) is 42.6 Å². The van der Waals surface area contributed by atoms with E-state index in [1.165, 1.54) is 12.3 Å². The standard InChI is InChI=1S/C11H7ClFN/c12-10-4-2-1-3-9(10)8-5-6-14-11(13)7-8/h1-7H. The zero-order chi connectivity index (χ0) is 9.97. The monoisotopic (exact) mass is 207 g/mol. The minimum atomic E-state index is -0.498. The first-order valence-corrected chi connectivity index (χ1v) is 4.51. The highest BCUT2D eigenvalue weighted by atomic mass is 35.5. The van der Waals surface area contributed by atoms with Crippen molar-refractivity contribution in [2.24, 2.45) is 0 Å². The van der Waals surface area contributed by atoms with Crippen LogP contribution in [-0.2, 0) is 0 Å². The van der Waals surface area contributed by atoms with E-state index >= 15 is 0 Å². The van der Waals surface area contributed by atoms with Crippen LogP contribution in [0.3, 0.4) is 0 Å². The van der Waals surface area contributed by atoms with Crippen molar-refractivity contribution in [3.8, 4) is 11.1 Å². The third kappa shape index (κ3) is 1.75. The summed E-state index contributed by atoms with van der Waals surface area (Å²) < 4.78 is 12.8. The molecule has 0 aliphatic carbocycles. The Morgan fingerprint density at radius 3 is 2.64 bits per heavy atom. The van der Waals surface area contributed by atoms with Crippen molar-refractivity contribution in [2.75, 3.05) is 0 Å². The van der Waals surface area contributed by atoms with E-state index in [0.29, 0.717) is 5.02 Å². The number of aromatic nitrogens is 1. The topological polar surface area (TPSA) is 12.9 Å². The maximum absolute atomic E-state index is 12.8. The van der Waals surface area contributed by atoms with Crippen LogP contribution in [0.2, 0.25) is 5.02 Å². The summed E-state index contributed by atoms with van der Waals surface area (Å²) >= 11 is 5.97. The van der Waals surface area contributed by atoms with Gasteiger partial charge in [-0.2, -0.15) is 4.39 Å². The number of hydrogen-bond acceptors (Lipinski definition) is 1. The molecule has 14 heavy (non-hydrogen) atoms. The Labute approximate surface area is 86.2 Å². The van der Waals surface area contributed by atoms with Gasteiger partial charge >= 0.3 is 0 Å². The Bertz CT molecular complexity index is 457. The number of pyridine rings is 1. The molecule has 2 rings (SSSR count). The van der Waals surface area contributed by atoms with Gasteiger partial charge in [-0.3, -0.25) is 0 Å². The number of nitrogens with zero attached hydrogens (tertiary/aromatic N) is 1. The quantitative estimate of drug-likeness (QED) is 0.652. The van der Waals surface area contributed by atoms with E-state index in [1.807, 2.05) is 18.2 Å². The number of rotatable bonds is 1. The molecule has 1 aromatic heterocycles. The number of benzene rings is 1. The number of halogens is 2. The zero-order valence-electron chi connectivity index (χ0n) is 7.24. The summed E-state index contributed by atoms with van der Waals surface area (Å²) in [6.07, 6.45) is 1.42. The molecule has 1 nitrogen and oxygen atoms in total. The van der Waals surface area contributed by atoms with Crippen molar-refractivity contribution in [3.63, 3.8) is 0 Å². The molecule has 1 aromatic carbocycles. The predicted molar refractivity (Wildman–Crippen MR) is 54.6 cm³/mol. The normalized spacial score (nSPS) is 10.1. The minimum Gasteiger partial charge on any atom is -0.228 e. The fourth-order valence-electron chi connectivity index (χ4n) is 1.27. The molecular formula is C11H7ClFN. The average molecular weight is 208 g/mol. The molecule has 70 valence electrons. The largest absolute Gasteiger partial charge is 0.228 e. The van der Waals surface area contributed by atoms with Crippen molar-refractivity contribution < 1.29 is 4.39 Å². The Morgan fingerprint density at radius 1 is 1.14 bits per heavy atom. The molecule has 0 N–H and O–H groups in total. The lowest BCUT2D eigenvalue weighted by Crippen LogP contribution is -1.84. The second kappa shape index (κ2) is 3.76. The maximum atomic E-state index is 12.8. The third-order valence-corrected chi connectivity index (χ3v) is 2.24. The van der Waals surface area contributed by atoms with Crippen molar-refractivity contribution in [1.82, 2.24) is 4.98 Å². The van der Waals surface area contributed by atoms with Gasteiger partial charge in [0.1, 0.15) is 0 Å². The van der Waals surface area contributed by atoms with Crippen LogP contribution in [0, 0.1) is 5.95 Å². The fraction of sp³-hybridized carbons (Fsp3) is 0. The van der Waals surface area contributed by atoms with E-state index in [1.54, 1.807) is 12.1 Å². The zero-order valence-corrected chi connectivity index (χ0v) is 8.00. The maximum Gasteiger partial charge on any atom is 0.213 e. The third-order valence-electron chi connectivity index (χ3n) is 1.91. The summed E-state index contributed by atoms with van der Waals surface area (Å²) in [7, 11) is 0. The fourth-order valence-corrected chi connectivity index (χ4v) is 1.51. The summed E-state index contributed by atoms with van der Waals surface area (Å²) in [5.41, 5.74) is 1.55. The van der Waals surface area contributed by atoms with Crippen molar-refractivity contribution in [3.05, 3.63) is 53.6 Å².